The fourth-order valence-electron chi connectivity index (χ4n) is 1.64. The molecule has 0 amide bonds. The highest BCUT2D eigenvalue weighted by molar-refractivity contribution is 7.91. The zero-order valence-corrected chi connectivity index (χ0v) is 11.3. The van der Waals surface area contributed by atoms with Crippen molar-refractivity contribution in [2.45, 2.75) is 12.5 Å². The Balaban J connectivity index is 2.33. The number of hydrogen-bond acceptors (Lipinski definition) is 6. The Morgan fingerprint density at radius 1 is 1.47 bits per heavy atom. The molecule has 1 fully saturated rings. The maximum Gasteiger partial charge on any atom is 0.324 e. The minimum Gasteiger partial charge on any atom is -0.468 e. The van der Waals surface area contributed by atoms with E-state index in [1.807, 2.05) is 4.90 Å². The second-order valence-corrected chi connectivity index (χ2v) is 6.49. The van der Waals surface area contributed by atoms with Crippen LogP contribution in [0, 0.1) is 0 Å². The van der Waals surface area contributed by atoms with E-state index in [4.69, 9.17) is 11.8 Å². The van der Waals surface area contributed by atoms with Crippen molar-refractivity contribution in [2.24, 2.45) is 0 Å². The first kappa shape index (κ1) is 14.7. The summed E-state index contributed by atoms with van der Waals surface area (Å²) in [6, 6.07) is -0.555. The van der Waals surface area contributed by atoms with Gasteiger partial charge in [0.25, 0.3) is 0 Å². The van der Waals surface area contributed by atoms with Crippen LogP contribution in [-0.2, 0) is 19.4 Å². The van der Waals surface area contributed by atoms with Crippen LogP contribution in [0.2, 0.25) is 0 Å². The Bertz CT molecular complexity index is 346. The van der Waals surface area contributed by atoms with Crippen LogP contribution in [0.15, 0.2) is 0 Å². The van der Waals surface area contributed by atoms with E-state index in [9.17, 15) is 13.2 Å². The number of carbonyl (C=O) groups is 1. The van der Waals surface area contributed by atoms with Gasteiger partial charge in [0.05, 0.1) is 18.6 Å². The van der Waals surface area contributed by atoms with Gasteiger partial charge in [-0.3, -0.25) is 4.79 Å². The Morgan fingerprint density at radius 2 is 2.06 bits per heavy atom. The highest BCUT2D eigenvalue weighted by atomic mass is 35.5. The van der Waals surface area contributed by atoms with Crippen LogP contribution < -0.4 is 4.84 Å². The summed E-state index contributed by atoms with van der Waals surface area (Å²) in [5.74, 6) is -0.0429. The minimum absolute atomic E-state index is 0.185. The lowest BCUT2D eigenvalue weighted by Crippen LogP contribution is -2.43. The maximum absolute atomic E-state index is 11.2. The molecule has 0 aromatic heterocycles. The molecule has 0 unspecified atom stereocenters. The van der Waals surface area contributed by atoms with E-state index in [1.54, 1.807) is 0 Å². The SMILES string of the molecule is COC(=O)[C@H](CCN1CCS(=O)(=O)CC1)NCl. The van der Waals surface area contributed by atoms with Gasteiger partial charge in [-0.1, -0.05) is 0 Å². The number of hydrogen-bond donors (Lipinski definition) is 1. The zero-order valence-electron chi connectivity index (χ0n) is 9.69. The Labute approximate surface area is 106 Å². The van der Waals surface area contributed by atoms with E-state index >= 15 is 0 Å². The van der Waals surface area contributed by atoms with Crippen molar-refractivity contribution in [2.75, 3.05) is 38.2 Å². The first-order valence-electron chi connectivity index (χ1n) is 5.35. The smallest absolute Gasteiger partial charge is 0.324 e. The molecule has 1 heterocycles. The molecule has 0 saturated carbocycles. The Hall–Kier alpha value is -0.370. The third-order valence-electron chi connectivity index (χ3n) is 2.79. The summed E-state index contributed by atoms with van der Waals surface area (Å²) in [4.78, 5) is 15.6. The molecule has 0 bridgehead atoms. The first-order valence-corrected chi connectivity index (χ1v) is 7.55. The van der Waals surface area contributed by atoms with Crippen molar-refractivity contribution in [3.63, 3.8) is 0 Å². The standard InChI is InChI=1S/C9H17ClN2O4S/c1-16-9(13)8(11-10)2-3-12-4-6-17(14,15)7-5-12/h8,11H,2-7H2,1H3/t8-/m0/s1. The average molecular weight is 285 g/mol. The van der Waals surface area contributed by atoms with E-state index in [0.29, 0.717) is 26.1 Å². The molecule has 0 aromatic rings. The lowest BCUT2D eigenvalue weighted by Gasteiger charge is -2.27. The molecule has 1 rings (SSSR count). The predicted molar refractivity (Wildman–Crippen MR) is 64.5 cm³/mol. The molecule has 1 atom stereocenters. The van der Waals surface area contributed by atoms with Gasteiger partial charge in [-0.2, -0.15) is 0 Å². The van der Waals surface area contributed by atoms with E-state index in [1.165, 1.54) is 7.11 Å². The molecule has 1 N–H and O–H groups in total. The van der Waals surface area contributed by atoms with Crippen LogP contribution in [0.4, 0.5) is 0 Å². The number of ether oxygens (including phenoxy) is 1. The minimum atomic E-state index is -2.86. The van der Waals surface area contributed by atoms with Crippen LogP contribution in [0.5, 0.6) is 0 Å². The van der Waals surface area contributed by atoms with E-state index < -0.39 is 21.8 Å². The van der Waals surface area contributed by atoms with E-state index in [2.05, 4.69) is 9.57 Å². The lowest BCUT2D eigenvalue weighted by atomic mass is 10.2. The van der Waals surface area contributed by atoms with Crippen molar-refractivity contribution in [1.82, 2.24) is 9.74 Å². The van der Waals surface area contributed by atoms with Crippen LogP contribution in [-0.4, -0.2) is 63.6 Å². The van der Waals surface area contributed by atoms with Crippen molar-refractivity contribution >= 4 is 27.6 Å². The molecule has 1 saturated heterocycles. The van der Waals surface area contributed by atoms with E-state index in [0.717, 1.165) is 0 Å². The first-order chi connectivity index (χ1) is 7.98. The number of nitrogens with zero attached hydrogens (tertiary/aromatic N) is 1. The van der Waals surface area contributed by atoms with Gasteiger partial charge in [-0.25, -0.2) is 13.3 Å². The predicted octanol–water partition coefficient (Wildman–Crippen LogP) is -0.608. The van der Waals surface area contributed by atoms with Crippen molar-refractivity contribution in [1.29, 1.82) is 0 Å². The van der Waals surface area contributed by atoms with Gasteiger partial charge in [0, 0.05) is 19.6 Å². The molecular weight excluding hydrogens is 268 g/mol. The van der Waals surface area contributed by atoms with Gasteiger partial charge in [-0.05, 0) is 18.2 Å². The van der Waals surface area contributed by atoms with Crippen molar-refractivity contribution in [3.05, 3.63) is 0 Å². The maximum atomic E-state index is 11.2. The van der Waals surface area contributed by atoms with Gasteiger partial charge >= 0.3 is 5.97 Å². The second-order valence-electron chi connectivity index (χ2n) is 3.97. The van der Waals surface area contributed by atoms with Crippen LogP contribution in [0.3, 0.4) is 0 Å². The fourth-order valence-corrected chi connectivity index (χ4v) is 3.12. The number of carbonyl (C=O) groups excluding carboxylic acids is 1. The highest BCUT2D eigenvalue weighted by Gasteiger charge is 2.24. The molecule has 0 spiro atoms. The van der Waals surface area contributed by atoms with Gasteiger partial charge in [0.2, 0.25) is 0 Å². The van der Waals surface area contributed by atoms with Crippen LogP contribution in [0.25, 0.3) is 0 Å². The number of esters is 1. The average Bonchev–Trinajstić information content (AvgIpc) is 2.31. The Kier molecular flexibility index (Phi) is 5.64. The summed E-state index contributed by atoms with van der Waals surface area (Å²) in [5, 5.41) is 0. The molecule has 100 valence electrons. The molecular formula is C9H17ClN2O4S. The van der Waals surface area contributed by atoms with Crippen LogP contribution in [0.1, 0.15) is 6.42 Å². The third kappa shape index (κ3) is 4.79. The monoisotopic (exact) mass is 284 g/mol. The number of nitrogens with one attached hydrogen (secondary N) is 1. The molecule has 1 aliphatic heterocycles. The topological polar surface area (TPSA) is 75.7 Å². The van der Waals surface area contributed by atoms with E-state index in [-0.39, 0.29) is 11.5 Å². The van der Waals surface area contributed by atoms with Gasteiger partial charge < -0.3 is 9.64 Å². The summed E-state index contributed by atoms with van der Waals surface area (Å²) in [7, 11) is -1.55. The molecule has 0 aromatic carbocycles. The number of sulfone groups is 1. The largest absolute Gasteiger partial charge is 0.468 e. The number of halogens is 1. The lowest BCUT2D eigenvalue weighted by molar-refractivity contribution is -0.142. The number of methoxy groups -OCH3 is 1. The quantitative estimate of drug-likeness (QED) is 0.536. The normalized spacial score (nSPS) is 22.0. The molecule has 0 radical (unpaired) electrons. The summed E-state index contributed by atoms with van der Waals surface area (Å²) >= 11 is 5.44. The summed E-state index contributed by atoms with van der Waals surface area (Å²) < 4.78 is 27.0. The summed E-state index contributed by atoms with van der Waals surface area (Å²) in [6.45, 7) is 1.64. The van der Waals surface area contributed by atoms with Gasteiger partial charge in [0.1, 0.15) is 6.04 Å². The third-order valence-corrected chi connectivity index (χ3v) is 4.66. The zero-order chi connectivity index (χ0) is 12.9. The molecule has 17 heavy (non-hydrogen) atoms. The van der Waals surface area contributed by atoms with Crippen molar-refractivity contribution in [3.8, 4) is 0 Å². The Morgan fingerprint density at radius 3 is 2.53 bits per heavy atom. The van der Waals surface area contributed by atoms with Gasteiger partial charge in [-0.15, -0.1) is 0 Å². The van der Waals surface area contributed by atoms with Gasteiger partial charge in [0.15, 0.2) is 9.84 Å². The molecule has 0 aliphatic carbocycles. The number of rotatable bonds is 5. The highest BCUT2D eigenvalue weighted by Crippen LogP contribution is 2.06. The fraction of sp³-hybridized carbons (Fsp3) is 0.889. The molecule has 1 aliphatic rings. The summed E-state index contributed by atoms with van der Waals surface area (Å²) in [6.07, 6.45) is 0.496. The van der Waals surface area contributed by atoms with Crippen molar-refractivity contribution < 1.29 is 17.9 Å². The molecule has 8 heteroatoms. The van der Waals surface area contributed by atoms with Crippen LogP contribution >= 0.6 is 11.8 Å². The molecule has 6 nitrogen and oxygen atoms in total. The second kappa shape index (κ2) is 6.53. The summed E-state index contributed by atoms with van der Waals surface area (Å²) in [5.41, 5.74) is 0.